The maximum Gasteiger partial charge on any atom is 0.226 e. The van der Waals surface area contributed by atoms with E-state index >= 15 is 0 Å². The Morgan fingerprint density at radius 1 is 1.32 bits per heavy atom. The number of hydrogen-bond acceptors (Lipinski definition) is 4. The minimum absolute atomic E-state index is 0.136. The summed E-state index contributed by atoms with van der Waals surface area (Å²) in [5.74, 6) is 2.16. The van der Waals surface area contributed by atoms with Gasteiger partial charge in [0.05, 0.1) is 6.10 Å². The Labute approximate surface area is 116 Å². The third-order valence-electron chi connectivity index (χ3n) is 3.46. The van der Waals surface area contributed by atoms with E-state index in [9.17, 15) is 0 Å². The van der Waals surface area contributed by atoms with E-state index in [0.29, 0.717) is 17.9 Å². The quantitative estimate of drug-likeness (QED) is 0.902. The molecular weight excluding hydrogens is 238 g/mol. The molecule has 0 aromatic carbocycles. The van der Waals surface area contributed by atoms with Crippen LogP contribution in [0.25, 0.3) is 0 Å². The third-order valence-corrected chi connectivity index (χ3v) is 3.46. The monoisotopic (exact) mass is 263 g/mol. The molecular formula is C15H25N3O. The first kappa shape index (κ1) is 14.1. The van der Waals surface area contributed by atoms with Gasteiger partial charge in [0.2, 0.25) is 11.8 Å². The fourth-order valence-electron chi connectivity index (χ4n) is 2.65. The maximum atomic E-state index is 5.65. The second-order valence-electron chi connectivity index (χ2n) is 5.95. The molecule has 1 fully saturated rings. The molecule has 19 heavy (non-hydrogen) atoms. The molecule has 1 aromatic heterocycles. The van der Waals surface area contributed by atoms with Crippen molar-refractivity contribution < 1.29 is 4.74 Å². The van der Waals surface area contributed by atoms with Gasteiger partial charge in [0.25, 0.3) is 0 Å². The number of aryl methyl sites for hydroxylation is 1. The molecule has 4 heteroatoms. The lowest BCUT2D eigenvalue weighted by atomic mass is 9.87. The number of anilines is 1. The Balaban J connectivity index is 2.04. The van der Waals surface area contributed by atoms with Gasteiger partial charge >= 0.3 is 0 Å². The molecule has 2 rings (SSSR count). The molecule has 0 amide bonds. The van der Waals surface area contributed by atoms with E-state index in [2.05, 4.69) is 22.2 Å². The van der Waals surface area contributed by atoms with Crippen molar-refractivity contribution in [1.82, 2.24) is 9.97 Å². The highest BCUT2D eigenvalue weighted by Gasteiger charge is 2.19. The largest absolute Gasteiger partial charge is 0.475 e. The van der Waals surface area contributed by atoms with E-state index in [0.717, 1.165) is 11.6 Å². The van der Waals surface area contributed by atoms with Crippen LogP contribution in [0.2, 0.25) is 0 Å². The van der Waals surface area contributed by atoms with Gasteiger partial charge in [-0.2, -0.15) is 4.98 Å². The van der Waals surface area contributed by atoms with Crippen LogP contribution in [-0.2, 0) is 0 Å². The summed E-state index contributed by atoms with van der Waals surface area (Å²) in [6.07, 6.45) is 5.19. The predicted molar refractivity (Wildman–Crippen MR) is 77.6 cm³/mol. The number of aromatic nitrogens is 2. The van der Waals surface area contributed by atoms with Gasteiger partial charge in [-0.1, -0.05) is 19.8 Å². The van der Waals surface area contributed by atoms with Crippen molar-refractivity contribution in [2.75, 3.05) is 5.32 Å². The summed E-state index contributed by atoms with van der Waals surface area (Å²) < 4.78 is 5.65. The molecule has 4 nitrogen and oxygen atoms in total. The molecule has 0 bridgehead atoms. The first-order valence-electron chi connectivity index (χ1n) is 7.32. The van der Waals surface area contributed by atoms with E-state index < -0.39 is 0 Å². The predicted octanol–water partition coefficient (Wildman–Crippen LogP) is 3.56. The van der Waals surface area contributed by atoms with Crippen molar-refractivity contribution in [3.05, 3.63) is 11.8 Å². The zero-order valence-corrected chi connectivity index (χ0v) is 12.4. The highest BCUT2D eigenvalue weighted by Crippen LogP contribution is 2.26. The molecule has 1 heterocycles. The summed E-state index contributed by atoms with van der Waals surface area (Å²) in [5, 5.41) is 3.46. The summed E-state index contributed by atoms with van der Waals surface area (Å²) in [5.41, 5.74) is 0.942. The van der Waals surface area contributed by atoms with E-state index in [1.807, 2.05) is 26.8 Å². The Kier molecular flexibility index (Phi) is 4.61. The van der Waals surface area contributed by atoms with Crippen molar-refractivity contribution >= 4 is 5.95 Å². The molecule has 0 saturated heterocycles. The summed E-state index contributed by atoms with van der Waals surface area (Å²) in [6, 6.07) is 2.38. The van der Waals surface area contributed by atoms with Gasteiger partial charge in [0, 0.05) is 17.8 Å². The highest BCUT2D eigenvalue weighted by molar-refractivity contribution is 5.32. The zero-order chi connectivity index (χ0) is 13.8. The Bertz CT molecular complexity index is 420. The fraction of sp³-hybridized carbons (Fsp3) is 0.733. The van der Waals surface area contributed by atoms with E-state index in [4.69, 9.17) is 4.74 Å². The maximum absolute atomic E-state index is 5.65. The SMILES string of the molecule is Cc1cc(OC(C)C)nc(NC2CCCC(C)C2)n1. The highest BCUT2D eigenvalue weighted by atomic mass is 16.5. The average Bonchev–Trinajstić information content (AvgIpc) is 2.26. The second-order valence-corrected chi connectivity index (χ2v) is 5.95. The van der Waals surface area contributed by atoms with Gasteiger partial charge in [-0.05, 0) is 39.5 Å². The molecule has 1 aromatic rings. The van der Waals surface area contributed by atoms with Crippen LogP contribution in [0.1, 0.15) is 52.1 Å². The molecule has 2 unspecified atom stereocenters. The lowest BCUT2D eigenvalue weighted by Gasteiger charge is -2.27. The molecule has 0 radical (unpaired) electrons. The van der Waals surface area contributed by atoms with Crippen LogP contribution < -0.4 is 10.1 Å². The Morgan fingerprint density at radius 2 is 2.11 bits per heavy atom. The number of rotatable bonds is 4. The molecule has 1 aliphatic rings. The van der Waals surface area contributed by atoms with Crippen LogP contribution in [-0.4, -0.2) is 22.1 Å². The van der Waals surface area contributed by atoms with Crippen LogP contribution in [0.15, 0.2) is 6.07 Å². The number of ether oxygens (including phenoxy) is 1. The zero-order valence-electron chi connectivity index (χ0n) is 12.4. The number of nitrogens with one attached hydrogen (secondary N) is 1. The minimum Gasteiger partial charge on any atom is -0.475 e. The summed E-state index contributed by atoms with van der Waals surface area (Å²) in [4.78, 5) is 8.91. The molecule has 0 aliphatic heterocycles. The van der Waals surface area contributed by atoms with Crippen LogP contribution in [0.3, 0.4) is 0 Å². The van der Waals surface area contributed by atoms with Crippen molar-refractivity contribution in [2.45, 2.75) is 65.5 Å². The van der Waals surface area contributed by atoms with E-state index in [1.165, 1.54) is 25.7 Å². The third kappa shape index (κ3) is 4.37. The van der Waals surface area contributed by atoms with E-state index in [1.54, 1.807) is 0 Å². The Hall–Kier alpha value is -1.32. The molecule has 0 spiro atoms. The normalized spacial score (nSPS) is 23.4. The van der Waals surface area contributed by atoms with Crippen LogP contribution in [0, 0.1) is 12.8 Å². The van der Waals surface area contributed by atoms with Crippen LogP contribution >= 0.6 is 0 Å². The second kappa shape index (κ2) is 6.22. The van der Waals surface area contributed by atoms with Crippen LogP contribution in [0.4, 0.5) is 5.95 Å². The minimum atomic E-state index is 0.136. The number of hydrogen-bond donors (Lipinski definition) is 1. The first-order valence-corrected chi connectivity index (χ1v) is 7.32. The summed E-state index contributed by atoms with van der Waals surface area (Å²) in [7, 11) is 0. The van der Waals surface area contributed by atoms with Gasteiger partial charge in [0.15, 0.2) is 0 Å². The fourth-order valence-corrected chi connectivity index (χ4v) is 2.65. The molecule has 1 aliphatic carbocycles. The van der Waals surface area contributed by atoms with Crippen molar-refractivity contribution in [2.24, 2.45) is 5.92 Å². The lowest BCUT2D eigenvalue weighted by Crippen LogP contribution is -2.27. The number of nitrogens with zero attached hydrogens (tertiary/aromatic N) is 2. The molecule has 1 saturated carbocycles. The molecule has 106 valence electrons. The van der Waals surface area contributed by atoms with Gasteiger partial charge in [-0.15, -0.1) is 0 Å². The summed E-state index contributed by atoms with van der Waals surface area (Å²) in [6.45, 7) is 8.31. The standard InChI is InChI=1S/C15H25N3O/c1-10(2)19-14-9-12(4)16-15(18-14)17-13-7-5-6-11(3)8-13/h9-11,13H,5-8H2,1-4H3,(H,16,17,18). The lowest BCUT2D eigenvalue weighted by molar-refractivity contribution is 0.232. The molecule has 2 atom stereocenters. The Morgan fingerprint density at radius 3 is 2.79 bits per heavy atom. The first-order chi connectivity index (χ1) is 9.02. The van der Waals surface area contributed by atoms with Crippen molar-refractivity contribution in [3.8, 4) is 5.88 Å². The van der Waals surface area contributed by atoms with Gasteiger partial charge in [-0.3, -0.25) is 0 Å². The van der Waals surface area contributed by atoms with Gasteiger partial charge in [-0.25, -0.2) is 4.98 Å². The molecule has 1 N–H and O–H groups in total. The smallest absolute Gasteiger partial charge is 0.226 e. The van der Waals surface area contributed by atoms with Crippen LogP contribution in [0.5, 0.6) is 5.88 Å². The summed E-state index contributed by atoms with van der Waals surface area (Å²) >= 11 is 0. The van der Waals surface area contributed by atoms with Crippen molar-refractivity contribution in [3.63, 3.8) is 0 Å². The van der Waals surface area contributed by atoms with Gasteiger partial charge in [0.1, 0.15) is 0 Å². The van der Waals surface area contributed by atoms with Gasteiger partial charge < -0.3 is 10.1 Å². The average molecular weight is 263 g/mol. The van der Waals surface area contributed by atoms with Crippen molar-refractivity contribution in [1.29, 1.82) is 0 Å². The van der Waals surface area contributed by atoms with E-state index in [-0.39, 0.29) is 6.10 Å². The topological polar surface area (TPSA) is 47.0 Å².